The number of ether oxygens (including phenoxy) is 1. The van der Waals surface area contributed by atoms with Crippen LogP contribution in [0.25, 0.3) is 0 Å². The summed E-state index contributed by atoms with van der Waals surface area (Å²) < 4.78 is 6.08. The molecule has 1 aliphatic rings. The Balaban J connectivity index is 1.77. The molecule has 0 saturated heterocycles. The zero-order chi connectivity index (χ0) is 15.2. The van der Waals surface area contributed by atoms with Gasteiger partial charge in [-0.3, -0.25) is 4.79 Å². The van der Waals surface area contributed by atoms with Crippen LogP contribution in [0.5, 0.6) is 0 Å². The molecule has 1 aliphatic carbocycles. The van der Waals surface area contributed by atoms with Crippen molar-refractivity contribution in [3.8, 4) is 0 Å². The van der Waals surface area contributed by atoms with Crippen molar-refractivity contribution in [2.45, 2.75) is 45.2 Å². The molecule has 116 valence electrons. The predicted octanol–water partition coefficient (Wildman–Crippen LogP) is 4.31. The number of nitrogens with one attached hydrogen (secondary N) is 1. The van der Waals surface area contributed by atoms with Crippen LogP contribution in [0.2, 0.25) is 5.02 Å². The van der Waals surface area contributed by atoms with Crippen LogP contribution < -0.4 is 5.32 Å². The molecule has 0 unspecified atom stereocenters. The van der Waals surface area contributed by atoms with E-state index in [0.717, 1.165) is 47.3 Å². The second kappa shape index (κ2) is 8.16. The fraction of sp³-hybridized carbons (Fsp3) is 0.562. The van der Waals surface area contributed by atoms with Crippen molar-refractivity contribution < 1.29 is 9.53 Å². The summed E-state index contributed by atoms with van der Waals surface area (Å²) in [6.45, 7) is 3.09. The zero-order valence-corrected chi connectivity index (χ0v) is 14.5. The number of hydrogen-bond donors (Lipinski definition) is 1. The maximum absolute atomic E-state index is 11.7. The first kappa shape index (κ1) is 16.8. The highest BCUT2D eigenvalue weighted by Crippen LogP contribution is 2.26. The van der Waals surface area contributed by atoms with E-state index in [1.54, 1.807) is 0 Å². The van der Waals surface area contributed by atoms with Gasteiger partial charge in [0, 0.05) is 22.1 Å². The molecule has 0 heterocycles. The lowest BCUT2D eigenvalue weighted by atomic mass is 9.86. The van der Waals surface area contributed by atoms with E-state index in [2.05, 4.69) is 21.2 Å². The molecular weight excluding hydrogens is 354 g/mol. The van der Waals surface area contributed by atoms with Crippen molar-refractivity contribution >= 4 is 33.5 Å². The van der Waals surface area contributed by atoms with Gasteiger partial charge >= 0.3 is 5.97 Å². The van der Waals surface area contributed by atoms with Gasteiger partial charge in [0.05, 0.1) is 12.5 Å². The number of halogens is 2. The van der Waals surface area contributed by atoms with E-state index in [0.29, 0.717) is 12.6 Å². The molecule has 0 spiro atoms. The van der Waals surface area contributed by atoms with Crippen LogP contribution in [0.4, 0.5) is 0 Å². The smallest absolute Gasteiger partial charge is 0.308 e. The summed E-state index contributed by atoms with van der Waals surface area (Å²) in [6, 6.07) is 6.40. The SMILES string of the molecule is CCOC(=O)C1CCC(NCc2ccc(Br)cc2Cl)CC1. The van der Waals surface area contributed by atoms with Crippen molar-refractivity contribution in [1.29, 1.82) is 0 Å². The van der Waals surface area contributed by atoms with Crippen LogP contribution in [0.1, 0.15) is 38.2 Å². The van der Waals surface area contributed by atoms with Crippen LogP contribution in [0, 0.1) is 5.92 Å². The van der Waals surface area contributed by atoms with E-state index in [1.165, 1.54) is 0 Å². The third-order valence-corrected chi connectivity index (χ3v) is 4.79. The monoisotopic (exact) mass is 373 g/mol. The average molecular weight is 375 g/mol. The number of carbonyl (C=O) groups is 1. The molecule has 1 fully saturated rings. The number of esters is 1. The highest BCUT2D eigenvalue weighted by Gasteiger charge is 2.26. The van der Waals surface area contributed by atoms with Crippen LogP contribution in [0.3, 0.4) is 0 Å². The van der Waals surface area contributed by atoms with E-state index < -0.39 is 0 Å². The first-order valence-electron chi connectivity index (χ1n) is 7.44. The molecule has 0 amide bonds. The molecule has 0 atom stereocenters. The van der Waals surface area contributed by atoms with E-state index in [4.69, 9.17) is 16.3 Å². The van der Waals surface area contributed by atoms with Crippen molar-refractivity contribution in [3.63, 3.8) is 0 Å². The summed E-state index contributed by atoms with van der Waals surface area (Å²) in [5.74, 6) is 0.0474. The molecule has 1 N–H and O–H groups in total. The van der Waals surface area contributed by atoms with Crippen LogP contribution >= 0.6 is 27.5 Å². The molecule has 0 aromatic heterocycles. The van der Waals surface area contributed by atoms with Gasteiger partial charge in [-0.2, -0.15) is 0 Å². The van der Waals surface area contributed by atoms with E-state index in [-0.39, 0.29) is 11.9 Å². The second-order valence-corrected chi connectivity index (χ2v) is 6.74. The average Bonchev–Trinajstić information content (AvgIpc) is 2.47. The zero-order valence-electron chi connectivity index (χ0n) is 12.2. The molecule has 1 aromatic rings. The van der Waals surface area contributed by atoms with Crippen LogP contribution in [-0.2, 0) is 16.1 Å². The number of carbonyl (C=O) groups excluding carboxylic acids is 1. The van der Waals surface area contributed by atoms with Gasteiger partial charge in [-0.25, -0.2) is 0 Å². The quantitative estimate of drug-likeness (QED) is 0.780. The Labute approximate surface area is 139 Å². The predicted molar refractivity (Wildman–Crippen MR) is 88.4 cm³/mol. The highest BCUT2D eigenvalue weighted by molar-refractivity contribution is 9.10. The fourth-order valence-corrected chi connectivity index (χ4v) is 3.45. The molecule has 0 aliphatic heterocycles. The summed E-state index contributed by atoms with van der Waals surface area (Å²) in [6.07, 6.45) is 3.84. The minimum Gasteiger partial charge on any atom is -0.466 e. The standard InChI is InChI=1S/C16H21BrClNO2/c1-2-21-16(20)11-4-7-14(8-5-11)19-10-12-3-6-13(17)9-15(12)18/h3,6,9,11,14,19H,2,4-5,7-8,10H2,1H3. The third kappa shape index (κ3) is 4.97. The Morgan fingerprint density at radius 3 is 2.71 bits per heavy atom. The Morgan fingerprint density at radius 1 is 1.38 bits per heavy atom. The molecule has 1 saturated carbocycles. The summed E-state index contributed by atoms with van der Waals surface area (Å²) in [5, 5.41) is 4.31. The first-order valence-corrected chi connectivity index (χ1v) is 8.61. The van der Waals surface area contributed by atoms with Crippen molar-refractivity contribution in [2.24, 2.45) is 5.92 Å². The second-order valence-electron chi connectivity index (χ2n) is 5.42. The topological polar surface area (TPSA) is 38.3 Å². The normalized spacial score (nSPS) is 22.0. The molecule has 21 heavy (non-hydrogen) atoms. The molecule has 5 heteroatoms. The van der Waals surface area contributed by atoms with Crippen LogP contribution in [-0.4, -0.2) is 18.6 Å². The summed E-state index contributed by atoms with van der Waals surface area (Å²) in [4.78, 5) is 11.7. The Hall–Kier alpha value is -0.580. The lowest BCUT2D eigenvalue weighted by molar-refractivity contribution is -0.149. The molecule has 0 bridgehead atoms. The van der Waals surface area contributed by atoms with Gasteiger partial charge in [-0.1, -0.05) is 33.6 Å². The number of benzene rings is 1. The maximum atomic E-state index is 11.7. The fourth-order valence-electron chi connectivity index (χ4n) is 2.71. The Kier molecular flexibility index (Phi) is 6.52. The van der Waals surface area contributed by atoms with E-state index in [1.807, 2.05) is 25.1 Å². The van der Waals surface area contributed by atoms with E-state index in [9.17, 15) is 4.79 Å². The minimum absolute atomic E-state index is 0.0353. The number of rotatable bonds is 5. The van der Waals surface area contributed by atoms with Gasteiger partial charge in [0.15, 0.2) is 0 Å². The molecule has 1 aromatic carbocycles. The van der Waals surface area contributed by atoms with Gasteiger partial charge in [-0.15, -0.1) is 0 Å². The molecule has 2 rings (SSSR count). The van der Waals surface area contributed by atoms with Crippen molar-refractivity contribution in [2.75, 3.05) is 6.61 Å². The Morgan fingerprint density at radius 2 is 2.10 bits per heavy atom. The van der Waals surface area contributed by atoms with Crippen molar-refractivity contribution in [1.82, 2.24) is 5.32 Å². The summed E-state index contributed by atoms with van der Waals surface area (Å²) >= 11 is 9.62. The molecular formula is C16H21BrClNO2. The van der Waals surface area contributed by atoms with Crippen LogP contribution in [0.15, 0.2) is 22.7 Å². The number of hydrogen-bond acceptors (Lipinski definition) is 3. The van der Waals surface area contributed by atoms with E-state index >= 15 is 0 Å². The molecule has 0 radical (unpaired) electrons. The third-order valence-electron chi connectivity index (χ3n) is 3.94. The maximum Gasteiger partial charge on any atom is 0.308 e. The van der Waals surface area contributed by atoms with Gasteiger partial charge in [0.2, 0.25) is 0 Å². The van der Waals surface area contributed by atoms with Gasteiger partial charge < -0.3 is 10.1 Å². The molecule has 3 nitrogen and oxygen atoms in total. The highest BCUT2D eigenvalue weighted by atomic mass is 79.9. The largest absolute Gasteiger partial charge is 0.466 e. The van der Waals surface area contributed by atoms with Gasteiger partial charge in [0.1, 0.15) is 0 Å². The van der Waals surface area contributed by atoms with Crippen molar-refractivity contribution in [3.05, 3.63) is 33.3 Å². The summed E-state index contributed by atoms with van der Waals surface area (Å²) in [7, 11) is 0. The minimum atomic E-state index is -0.0353. The first-order chi connectivity index (χ1) is 10.1. The lowest BCUT2D eigenvalue weighted by Gasteiger charge is -2.28. The summed E-state index contributed by atoms with van der Waals surface area (Å²) in [5.41, 5.74) is 1.10. The van der Waals surface area contributed by atoms with Gasteiger partial charge in [0.25, 0.3) is 0 Å². The lowest BCUT2D eigenvalue weighted by Crippen LogP contribution is -2.35. The Bertz CT molecular complexity index is 487. The van der Waals surface area contributed by atoms with Gasteiger partial charge in [-0.05, 0) is 50.3 Å².